The molecular formula is C31H41N3O5. The lowest BCUT2D eigenvalue weighted by Gasteiger charge is -2.25. The molecule has 8 nitrogen and oxygen atoms in total. The normalized spacial score (nSPS) is 12.5. The van der Waals surface area contributed by atoms with Crippen LogP contribution in [0.4, 0.5) is 0 Å². The summed E-state index contributed by atoms with van der Waals surface area (Å²) in [7, 11) is 1.63. The largest absolute Gasteiger partial charge is 0.497 e. The van der Waals surface area contributed by atoms with Crippen molar-refractivity contribution < 1.29 is 23.5 Å². The number of methoxy groups -OCH3 is 1. The Balaban J connectivity index is 1.75. The Morgan fingerprint density at radius 1 is 1.03 bits per heavy atom. The number of carbonyl (C=O) groups excluding carboxylic acids is 2. The van der Waals surface area contributed by atoms with Crippen molar-refractivity contribution >= 4 is 11.9 Å². The Hall–Kier alpha value is -3.62. The molecule has 3 aromatic rings. The second-order valence-electron chi connectivity index (χ2n) is 9.75. The van der Waals surface area contributed by atoms with Crippen molar-refractivity contribution in [2.75, 3.05) is 26.7 Å². The van der Waals surface area contributed by atoms with Crippen LogP contribution >= 0.6 is 0 Å². The van der Waals surface area contributed by atoms with Gasteiger partial charge in [-0.15, -0.1) is 0 Å². The van der Waals surface area contributed by atoms with E-state index in [1.165, 1.54) is 0 Å². The van der Waals surface area contributed by atoms with Crippen LogP contribution in [-0.2, 0) is 17.7 Å². The quantitative estimate of drug-likeness (QED) is 0.271. The summed E-state index contributed by atoms with van der Waals surface area (Å²) < 4.78 is 16.7. The number of rotatable bonds is 15. The Morgan fingerprint density at radius 3 is 2.44 bits per heavy atom. The highest BCUT2D eigenvalue weighted by Crippen LogP contribution is 2.17. The second-order valence-corrected chi connectivity index (χ2v) is 9.75. The van der Waals surface area contributed by atoms with E-state index < -0.39 is 18.1 Å². The lowest BCUT2D eigenvalue weighted by Crippen LogP contribution is -2.45. The third kappa shape index (κ3) is 8.97. The Bertz CT molecular complexity index is 1190. The minimum atomic E-state index is -0.635. The fourth-order valence-electron chi connectivity index (χ4n) is 4.48. The van der Waals surface area contributed by atoms with Crippen molar-refractivity contribution in [2.45, 2.75) is 58.7 Å². The molecule has 3 rings (SSSR count). The molecule has 210 valence electrons. The summed E-state index contributed by atoms with van der Waals surface area (Å²) in [6, 6.07) is 16.1. The molecule has 3 N–H and O–H groups in total. The molecule has 2 aromatic carbocycles. The second kappa shape index (κ2) is 15.1. The van der Waals surface area contributed by atoms with Gasteiger partial charge in [0.1, 0.15) is 17.6 Å². The van der Waals surface area contributed by atoms with Crippen LogP contribution in [0.15, 0.2) is 65.3 Å². The van der Waals surface area contributed by atoms with Gasteiger partial charge in [-0.3, -0.25) is 4.79 Å². The molecule has 1 heterocycles. The number of hydrogen-bond donors (Lipinski definition) is 2. The maximum atomic E-state index is 13.4. The average Bonchev–Trinajstić information content (AvgIpc) is 3.44. The highest BCUT2D eigenvalue weighted by Gasteiger charge is 2.25. The molecule has 1 amide bonds. The summed E-state index contributed by atoms with van der Waals surface area (Å²) in [5.74, 6) is 0.885. The predicted octanol–water partition coefficient (Wildman–Crippen LogP) is 4.74. The summed E-state index contributed by atoms with van der Waals surface area (Å²) in [6.07, 6.45) is 3.10. The minimum absolute atomic E-state index is 0.0810. The van der Waals surface area contributed by atoms with Crippen LogP contribution in [0.2, 0.25) is 0 Å². The summed E-state index contributed by atoms with van der Waals surface area (Å²) >= 11 is 0. The third-order valence-electron chi connectivity index (χ3n) is 6.40. The number of benzene rings is 2. The van der Waals surface area contributed by atoms with E-state index in [0.29, 0.717) is 49.5 Å². The molecule has 39 heavy (non-hydrogen) atoms. The van der Waals surface area contributed by atoms with Crippen LogP contribution < -0.4 is 15.8 Å². The van der Waals surface area contributed by atoms with Crippen LogP contribution in [0.5, 0.6) is 5.75 Å². The zero-order valence-corrected chi connectivity index (χ0v) is 23.4. The van der Waals surface area contributed by atoms with Gasteiger partial charge in [0.25, 0.3) is 5.91 Å². The van der Waals surface area contributed by atoms with Crippen LogP contribution in [-0.4, -0.2) is 55.7 Å². The minimum Gasteiger partial charge on any atom is -0.497 e. The maximum absolute atomic E-state index is 13.4. The number of furan rings is 1. The van der Waals surface area contributed by atoms with Crippen molar-refractivity contribution in [1.29, 1.82) is 0 Å². The van der Waals surface area contributed by atoms with Crippen LogP contribution in [0.3, 0.4) is 0 Å². The molecule has 8 heteroatoms. The summed E-state index contributed by atoms with van der Waals surface area (Å²) in [6.45, 7) is 8.18. The molecule has 2 unspecified atom stereocenters. The highest BCUT2D eigenvalue weighted by molar-refractivity contribution is 5.98. The monoisotopic (exact) mass is 535 g/mol. The first-order valence-corrected chi connectivity index (χ1v) is 13.6. The van der Waals surface area contributed by atoms with E-state index in [4.69, 9.17) is 19.6 Å². The van der Waals surface area contributed by atoms with Gasteiger partial charge in [0.05, 0.1) is 18.9 Å². The number of nitrogens with two attached hydrogens (primary N) is 1. The first-order valence-electron chi connectivity index (χ1n) is 13.6. The van der Waals surface area contributed by atoms with Gasteiger partial charge >= 0.3 is 5.97 Å². The fraction of sp³-hybridized carbons (Fsp3) is 0.419. The standard InChI is InChI=1S/C31H41N3O5/c1-5-12-34(13-6-2)30(35)24-15-22(3)16-25(18-24)31(36)39-29(28(32)19-27-11-8-14-38-27)21-33-20-23-9-7-10-26(17-23)37-4/h7-11,14-18,28-29,33H,5-6,12-13,19-21,32H2,1-4H3. The van der Waals surface area contributed by atoms with Gasteiger partial charge in [-0.2, -0.15) is 0 Å². The summed E-state index contributed by atoms with van der Waals surface area (Å²) in [5, 5.41) is 3.35. The van der Waals surface area contributed by atoms with Gasteiger partial charge in [0.2, 0.25) is 0 Å². The predicted molar refractivity (Wildman–Crippen MR) is 152 cm³/mol. The van der Waals surface area contributed by atoms with E-state index in [1.54, 1.807) is 31.6 Å². The van der Waals surface area contributed by atoms with Crippen molar-refractivity contribution in [3.63, 3.8) is 0 Å². The van der Waals surface area contributed by atoms with E-state index in [-0.39, 0.29) is 5.91 Å². The third-order valence-corrected chi connectivity index (χ3v) is 6.40. The fourth-order valence-corrected chi connectivity index (χ4v) is 4.48. The number of hydrogen-bond acceptors (Lipinski definition) is 7. The van der Waals surface area contributed by atoms with Gasteiger partial charge in [-0.25, -0.2) is 4.79 Å². The van der Waals surface area contributed by atoms with E-state index in [0.717, 1.165) is 29.7 Å². The van der Waals surface area contributed by atoms with E-state index >= 15 is 0 Å². The molecule has 0 aliphatic carbocycles. The lowest BCUT2D eigenvalue weighted by atomic mass is 10.0. The molecule has 0 radical (unpaired) electrons. The van der Waals surface area contributed by atoms with Crippen molar-refractivity contribution in [1.82, 2.24) is 10.2 Å². The Labute approximate surface area is 231 Å². The number of ether oxygens (including phenoxy) is 2. The van der Waals surface area contributed by atoms with Crippen molar-refractivity contribution in [3.05, 3.63) is 88.9 Å². The molecule has 0 spiro atoms. The van der Waals surface area contributed by atoms with E-state index in [9.17, 15) is 9.59 Å². The molecule has 0 aliphatic heterocycles. The van der Waals surface area contributed by atoms with Crippen molar-refractivity contribution in [3.8, 4) is 5.75 Å². The summed E-state index contributed by atoms with van der Waals surface area (Å²) in [5.41, 5.74) is 9.17. The first kappa shape index (κ1) is 29.9. The Kier molecular flexibility index (Phi) is 11.6. The number of nitrogens with one attached hydrogen (secondary N) is 1. The SMILES string of the molecule is CCCN(CCC)C(=O)c1cc(C)cc(C(=O)OC(CNCc2cccc(OC)c2)C(N)Cc2ccco2)c1. The molecule has 0 saturated heterocycles. The summed E-state index contributed by atoms with van der Waals surface area (Å²) in [4.78, 5) is 28.4. The van der Waals surface area contributed by atoms with Gasteiger partial charge < -0.3 is 29.8 Å². The van der Waals surface area contributed by atoms with Gasteiger partial charge in [0, 0.05) is 44.2 Å². The van der Waals surface area contributed by atoms with E-state index in [1.807, 2.05) is 62.1 Å². The maximum Gasteiger partial charge on any atom is 0.338 e. The molecule has 0 bridgehead atoms. The molecule has 0 aliphatic rings. The topological polar surface area (TPSA) is 107 Å². The molecule has 1 aromatic heterocycles. The first-order chi connectivity index (χ1) is 18.8. The van der Waals surface area contributed by atoms with E-state index in [2.05, 4.69) is 5.32 Å². The van der Waals surface area contributed by atoms with Crippen molar-refractivity contribution in [2.24, 2.45) is 5.73 Å². The number of nitrogens with zero attached hydrogens (tertiary/aromatic N) is 1. The number of amides is 1. The van der Waals surface area contributed by atoms with Gasteiger partial charge in [-0.1, -0.05) is 26.0 Å². The zero-order valence-electron chi connectivity index (χ0n) is 23.4. The van der Waals surface area contributed by atoms with Crippen LogP contribution in [0.1, 0.15) is 64.3 Å². The smallest absolute Gasteiger partial charge is 0.338 e. The lowest BCUT2D eigenvalue weighted by molar-refractivity contribution is 0.0234. The highest BCUT2D eigenvalue weighted by atomic mass is 16.5. The Morgan fingerprint density at radius 2 is 1.77 bits per heavy atom. The van der Waals surface area contributed by atoms with Crippen LogP contribution in [0, 0.1) is 6.92 Å². The number of aryl methyl sites for hydroxylation is 1. The van der Waals surface area contributed by atoms with Gasteiger partial charge in [0.15, 0.2) is 0 Å². The molecule has 0 saturated carbocycles. The zero-order chi connectivity index (χ0) is 28.2. The van der Waals surface area contributed by atoms with Crippen LogP contribution in [0.25, 0.3) is 0 Å². The van der Waals surface area contributed by atoms with Gasteiger partial charge in [-0.05, 0) is 73.4 Å². The number of carbonyl (C=O) groups is 2. The number of esters is 1. The molecule has 0 fully saturated rings. The average molecular weight is 536 g/mol. The molecule has 2 atom stereocenters. The molecular weight excluding hydrogens is 494 g/mol.